The van der Waals surface area contributed by atoms with E-state index in [4.69, 9.17) is 4.74 Å². The summed E-state index contributed by atoms with van der Waals surface area (Å²) in [6.45, 7) is 5.27. The van der Waals surface area contributed by atoms with E-state index >= 15 is 0 Å². The van der Waals surface area contributed by atoms with Crippen LogP contribution in [0.1, 0.15) is 32.1 Å². The molecule has 4 nitrogen and oxygen atoms in total. The summed E-state index contributed by atoms with van der Waals surface area (Å²) in [5, 5.41) is 7.52. The summed E-state index contributed by atoms with van der Waals surface area (Å²) in [5.41, 5.74) is 0. The summed E-state index contributed by atoms with van der Waals surface area (Å²) in [6.07, 6.45) is 6.82. The summed E-state index contributed by atoms with van der Waals surface area (Å²) in [4.78, 5) is 2.51. The molecule has 3 aliphatic rings. The molecule has 3 rings (SSSR count). The van der Waals surface area contributed by atoms with Crippen molar-refractivity contribution >= 4 is 0 Å². The van der Waals surface area contributed by atoms with Crippen LogP contribution in [0.4, 0.5) is 0 Å². The number of nitrogens with zero attached hydrogens (tertiary/aromatic N) is 1. The van der Waals surface area contributed by atoms with Gasteiger partial charge in [-0.15, -0.1) is 0 Å². The van der Waals surface area contributed by atoms with E-state index in [1.165, 1.54) is 45.2 Å². The summed E-state index contributed by atoms with van der Waals surface area (Å²) >= 11 is 0. The van der Waals surface area contributed by atoms with Crippen LogP contribution in [0.2, 0.25) is 0 Å². The molecule has 1 saturated carbocycles. The Labute approximate surface area is 117 Å². The predicted molar refractivity (Wildman–Crippen MR) is 77.4 cm³/mol. The van der Waals surface area contributed by atoms with E-state index in [9.17, 15) is 0 Å². The first-order valence-corrected chi connectivity index (χ1v) is 8.09. The molecule has 0 aromatic heterocycles. The topological polar surface area (TPSA) is 36.5 Å². The lowest BCUT2D eigenvalue weighted by Gasteiger charge is -2.33. The highest BCUT2D eigenvalue weighted by Crippen LogP contribution is 2.29. The Morgan fingerprint density at radius 3 is 2.95 bits per heavy atom. The van der Waals surface area contributed by atoms with Gasteiger partial charge in [-0.05, 0) is 45.2 Å². The second kappa shape index (κ2) is 6.53. The molecule has 2 N–H and O–H groups in total. The molecular formula is C15H29N3O. The minimum atomic E-state index is 0.579. The Kier molecular flexibility index (Phi) is 4.74. The fourth-order valence-electron chi connectivity index (χ4n) is 4.11. The zero-order valence-electron chi connectivity index (χ0n) is 12.2. The lowest BCUT2D eigenvalue weighted by molar-refractivity contribution is 0.0521. The maximum absolute atomic E-state index is 5.64. The van der Waals surface area contributed by atoms with Crippen molar-refractivity contribution in [1.29, 1.82) is 0 Å². The van der Waals surface area contributed by atoms with Gasteiger partial charge in [0.2, 0.25) is 0 Å². The van der Waals surface area contributed by atoms with Gasteiger partial charge in [0.1, 0.15) is 0 Å². The molecular weight excluding hydrogens is 238 g/mol. The van der Waals surface area contributed by atoms with Crippen LogP contribution < -0.4 is 10.6 Å². The second-order valence-corrected chi connectivity index (χ2v) is 6.52. The Morgan fingerprint density at radius 1 is 1.26 bits per heavy atom. The molecule has 0 aromatic carbocycles. The first-order valence-electron chi connectivity index (χ1n) is 8.09. The van der Waals surface area contributed by atoms with Crippen LogP contribution >= 0.6 is 0 Å². The minimum Gasteiger partial charge on any atom is -0.379 e. The van der Waals surface area contributed by atoms with Crippen LogP contribution in [0.5, 0.6) is 0 Å². The van der Waals surface area contributed by atoms with Crippen LogP contribution in [0.25, 0.3) is 0 Å². The number of morpholine rings is 1. The van der Waals surface area contributed by atoms with Gasteiger partial charge in [0.05, 0.1) is 13.2 Å². The van der Waals surface area contributed by atoms with Gasteiger partial charge in [0.15, 0.2) is 0 Å². The van der Waals surface area contributed by atoms with E-state index < -0.39 is 0 Å². The first-order chi connectivity index (χ1) is 9.34. The highest BCUT2D eigenvalue weighted by atomic mass is 16.5. The van der Waals surface area contributed by atoms with Gasteiger partial charge in [0.25, 0.3) is 0 Å². The fourth-order valence-corrected chi connectivity index (χ4v) is 4.11. The molecule has 3 fully saturated rings. The number of likely N-dealkylation sites (tertiary alicyclic amines) is 1. The predicted octanol–water partition coefficient (Wildman–Crippen LogP) is 0.827. The lowest BCUT2D eigenvalue weighted by atomic mass is 9.94. The molecule has 0 aromatic rings. The normalized spacial score (nSPS) is 40.9. The summed E-state index contributed by atoms with van der Waals surface area (Å²) in [6, 6.07) is 2.04. The summed E-state index contributed by atoms with van der Waals surface area (Å²) in [7, 11) is 2.27. The number of hydrogen-bond donors (Lipinski definition) is 2. The van der Waals surface area contributed by atoms with Crippen LogP contribution in [0.3, 0.4) is 0 Å². The third-order valence-corrected chi connectivity index (χ3v) is 5.32. The van der Waals surface area contributed by atoms with Gasteiger partial charge in [-0.25, -0.2) is 0 Å². The van der Waals surface area contributed by atoms with Gasteiger partial charge >= 0.3 is 0 Å². The smallest absolute Gasteiger partial charge is 0.0623 e. The van der Waals surface area contributed by atoms with E-state index in [0.29, 0.717) is 12.1 Å². The molecule has 1 aliphatic carbocycles. The fraction of sp³-hybridized carbons (Fsp3) is 1.00. The van der Waals surface area contributed by atoms with Crippen molar-refractivity contribution in [2.24, 2.45) is 5.92 Å². The first kappa shape index (κ1) is 13.8. The van der Waals surface area contributed by atoms with Crippen LogP contribution in [-0.4, -0.2) is 62.9 Å². The number of hydrogen-bond acceptors (Lipinski definition) is 4. The second-order valence-electron chi connectivity index (χ2n) is 6.52. The number of nitrogens with one attached hydrogen (secondary N) is 2. The average molecular weight is 267 g/mol. The van der Waals surface area contributed by atoms with Gasteiger partial charge in [-0.3, -0.25) is 0 Å². The molecule has 0 spiro atoms. The third-order valence-electron chi connectivity index (χ3n) is 5.32. The van der Waals surface area contributed by atoms with E-state index in [1.807, 2.05) is 0 Å². The molecule has 2 aliphatic heterocycles. The Hall–Kier alpha value is -0.160. The van der Waals surface area contributed by atoms with Crippen molar-refractivity contribution in [1.82, 2.24) is 15.5 Å². The van der Waals surface area contributed by atoms with Gasteiger partial charge in [-0.1, -0.05) is 6.42 Å². The SMILES string of the molecule is CN1CCCC1CNC1CCCC1C1COCCN1. The van der Waals surface area contributed by atoms with E-state index in [1.54, 1.807) is 0 Å². The van der Waals surface area contributed by atoms with Crippen molar-refractivity contribution in [3.8, 4) is 0 Å². The van der Waals surface area contributed by atoms with Crippen molar-refractivity contribution < 1.29 is 4.74 Å². The molecule has 19 heavy (non-hydrogen) atoms. The van der Waals surface area contributed by atoms with Crippen molar-refractivity contribution in [3.63, 3.8) is 0 Å². The minimum absolute atomic E-state index is 0.579. The zero-order chi connectivity index (χ0) is 13.1. The van der Waals surface area contributed by atoms with Crippen LogP contribution in [0.15, 0.2) is 0 Å². The van der Waals surface area contributed by atoms with Crippen LogP contribution in [0, 0.1) is 5.92 Å². The molecule has 0 bridgehead atoms. The number of ether oxygens (including phenoxy) is 1. The van der Waals surface area contributed by atoms with Gasteiger partial charge in [-0.2, -0.15) is 0 Å². The Morgan fingerprint density at radius 2 is 2.21 bits per heavy atom. The number of rotatable bonds is 4. The quantitative estimate of drug-likeness (QED) is 0.791. The number of likely N-dealkylation sites (N-methyl/N-ethyl adjacent to an activating group) is 1. The molecule has 110 valence electrons. The van der Waals surface area contributed by atoms with Crippen molar-refractivity contribution in [3.05, 3.63) is 0 Å². The van der Waals surface area contributed by atoms with Gasteiger partial charge in [0, 0.05) is 31.2 Å². The zero-order valence-corrected chi connectivity index (χ0v) is 12.2. The maximum atomic E-state index is 5.64. The van der Waals surface area contributed by atoms with Gasteiger partial charge < -0.3 is 20.3 Å². The van der Waals surface area contributed by atoms with E-state index in [-0.39, 0.29) is 0 Å². The molecule has 0 radical (unpaired) electrons. The average Bonchev–Trinajstić information content (AvgIpc) is 3.06. The standard InChI is InChI=1S/C15H29N3O/c1-18-8-3-4-12(18)10-17-14-6-2-5-13(14)15-11-19-9-7-16-15/h12-17H,2-11H2,1H3. The molecule has 2 saturated heterocycles. The highest BCUT2D eigenvalue weighted by molar-refractivity contribution is 4.93. The molecule has 2 heterocycles. The van der Waals surface area contributed by atoms with Crippen LogP contribution in [-0.2, 0) is 4.74 Å². The summed E-state index contributed by atoms with van der Waals surface area (Å²) < 4.78 is 5.64. The van der Waals surface area contributed by atoms with Crippen molar-refractivity contribution in [2.75, 3.05) is 39.9 Å². The Bertz CT molecular complexity index is 281. The van der Waals surface area contributed by atoms with E-state index in [0.717, 1.165) is 31.7 Å². The third kappa shape index (κ3) is 3.30. The monoisotopic (exact) mass is 267 g/mol. The summed E-state index contributed by atoms with van der Waals surface area (Å²) in [5.74, 6) is 0.770. The van der Waals surface area contributed by atoms with Crippen molar-refractivity contribution in [2.45, 2.75) is 50.2 Å². The molecule has 4 atom stereocenters. The molecule has 0 amide bonds. The molecule has 4 unspecified atom stereocenters. The largest absolute Gasteiger partial charge is 0.379 e. The maximum Gasteiger partial charge on any atom is 0.0623 e. The lowest BCUT2D eigenvalue weighted by Crippen LogP contribution is -2.52. The van der Waals surface area contributed by atoms with E-state index in [2.05, 4.69) is 22.6 Å². The molecule has 4 heteroatoms. The Balaban J connectivity index is 1.48. The highest BCUT2D eigenvalue weighted by Gasteiger charge is 2.35.